The van der Waals surface area contributed by atoms with E-state index in [0.29, 0.717) is 31.5 Å². The number of piperidine rings is 1. The van der Waals surface area contributed by atoms with Crippen LogP contribution in [0.5, 0.6) is 0 Å². The number of benzene rings is 2. The van der Waals surface area contributed by atoms with E-state index in [2.05, 4.69) is 10.0 Å². The predicted molar refractivity (Wildman–Crippen MR) is 128 cm³/mol. The minimum Gasteiger partial charge on any atom is -0.339 e. The van der Waals surface area contributed by atoms with Crippen molar-refractivity contribution < 1.29 is 18.0 Å². The third-order valence-corrected chi connectivity index (χ3v) is 7.92. The average Bonchev–Trinajstić information content (AvgIpc) is 3.37. The van der Waals surface area contributed by atoms with Crippen LogP contribution in [0.4, 0.5) is 5.69 Å². The molecule has 0 unspecified atom stereocenters. The second-order valence-electron chi connectivity index (χ2n) is 7.85. The molecule has 9 heteroatoms. The molecule has 1 aromatic heterocycles. The Bertz CT molecular complexity index is 1190. The summed E-state index contributed by atoms with van der Waals surface area (Å²) in [4.78, 5) is 28.1. The van der Waals surface area contributed by atoms with E-state index in [9.17, 15) is 18.0 Å². The third-order valence-electron chi connectivity index (χ3n) is 5.62. The van der Waals surface area contributed by atoms with E-state index in [1.54, 1.807) is 4.90 Å². The molecular formula is C24H25N3O4S2. The fourth-order valence-corrected chi connectivity index (χ4v) is 5.47. The van der Waals surface area contributed by atoms with Crippen LogP contribution in [0.3, 0.4) is 0 Å². The van der Waals surface area contributed by atoms with E-state index in [4.69, 9.17) is 0 Å². The number of rotatable bonds is 7. The molecule has 0 aliphatic carbocycles. The maximum atomic E-state index is 12.9. The number of amides is 2. The Morgan fingerprint density at radius 3 is 2.27 bits per heavy atom. The van der Waals surface area contributed by atoms with Gasteiger partial charge in [-0.3, -0.25) is 9.59 Å². The van der Waals surface area contributed by atoms with Gasteiger partial charge in [0.15, 0.2) is 0 Å². The van der Waals surface area contributed by atoms with Crippen LogP contribution in [0.1, 0.15) is 28.1 Å². The summed E-state index contributed by atoms with van der Waals surface area (Å²) >= 11 is 1.48. The van der Waals surface area contributed by atoms with Gasteiger partial charge >= 0.3 is 0 Å². The molecule has 0 bridgehead atoms. The van der Waals surface area contributed by atoms with Crippen molar-refractivity contribution in [3.63, 3.8) is 0 Å². The Morgan fingerprint density at radius 1 is 0.939 bits per heavy atom. The zero-order chi connectivity index (χ0) is 23.3. The molecule has 172 valence electrons. The van der Waals surface area contributed by atoms with Crippen molar-refractivity contribution in [3.8, 4) is 0 Å². The normalized spacial score (nSPS) is 14.7. The van der Waals surface area contributed by atoms with Gasteiger partial charge in [0.05, 0.1) is 4.90 Å². The highest BCUT2D eigenvalue weighted by Crippen LogP contribution is 2.22. The molecule has 1 saturated heterocycles. The number of likely N-dealkylation sites (tertiary alicyclic amines) is 1. The lowest BCUT2D eigenvalue weighted by Gasteiger charge is -2.31. The largest absolute Gasteiger partial charge is 0.339 e. The van der Waals surface area contributed by atoms with Gasteiger partial charge in [-0.25, -0.2) is 13.1 Å². The summed E-state index contributed by atoms with van der Waals surface area (Å²) in [5, 5.41) is 4.81. The van der Waals surface area contributed by atoms with Crippen LogP contribution in [0.15, 0.2) is 77.0 Å². The molecule has 0 radical (unpaired) electrons. The molecule has 0 spiro atoms. The fourth-order valence-electron chi connectivity index (χ4n) is 3.73. The number of carbonyl (C=O) groups is 2. The molecule has 0 atom stereocenters. The first-order valence-electron chi connectivity index (χ1n) is 10.7. The molecule has 4 rings (SSSR count). The molecule has 1 fully saturated rings. The number of anilines is 1. The van der Waals surface area contributed by atoms with Crippen LogP contribution >= 0.6 is 11.3 Å². The second kappa shape index (κ2) is 10.3. The third kappa shape index (κ3) is 5.87. The summed E-state index contributed by atoms with van der Waals surface area (Å²) in [7, 11) is -3.66. The van der Waals surface area contributed by atoms with E-state index >= 15 is 0 Å². The molecule has 33 heavy (non-hydrogen) atoms. The van der Waals surface area contributed by atoms with Crippen molar-refractivity contribution in [2.45, 2.75) is 24.3 Å². The minimum absolute atomic E-state index is 0.0297. The zero-order valence-corrected chi connectivity index (χ0v) is 19.6. The number of nitrogens with one attached hydrogen (secondary N) is 2. The predicted octanol–water partition coefficient (Wildman–Crippen LogP) is 3.72. The van der Waals surface area contributed by atoms with E-state index in [1.807, 2.05) is 47.8 Å². The highest BCUT2D eigenvalue weighted by Gasteiger charge is 2.28. The molecule has 2 aromatic carbocycles. The quantitative estimate of drug-likeness (QED) is 0.535. The Labute approximate surface area is 197 Å². The first kappa shape index (κ1) is 23.2. The highest BCUT2D eigenvalue weighted by atomic mass is 32.2. The second-order valence-corrected chi connectivity index (χ2v) is 10.6. The number of para-hydroxylation sites is 1. The Balaban J connectivity index is 1.31. The summed E-state index contributed by atoms with van der Waals surface area (Å²) in [6, 6.07) is 19.0. The fraction of sp³-hybridized carbons (Fsp3) is 0.250. The minimum atomic E-state index is -3.66. The van der Waals surface area contributed by atoms with Crippen molar-refractivity contribution in [1.82, 2.24) is 9.62 Å². The monoisotopic (exact) mass is 483 g/mol. The summed E-state index contributed by atoms with van der Waals surface area (Å²) in [5.41, 5.74) is 1.19. The summed E-state index contributed by atoms with van der Waals surface area (Å²) < 4.78 is 27.6. The maximum Gasteiger partial charge on any atom is 0.253 e. The van der Waals surface area contributed by atoms with Crippen molar-refractivity contribution >= 4 is 38.9 Å². The van der Waals surface area contributed by atoms with Gasteiger partial charge in [-0.15, -0.1) is 11.3 Å². The van der Waals surface area contributed by atoms with Gasteiger partial charge < -0.3 is 10.2 Å². The topological polar surface area (TPSA) is 95.6 Å². The lowest BCUT2D eigenvalue weighted by Crippen LogP contribution is -2.41. The highest BCUT2D eigenvalue weighted by molar-refractivity contribution is 7.89. The molecule has 1 aliphatic heterocycles. The number of nitrogens with zero attached hydrogens (tertiary/aromatic N) is 1. The first-order valence-corrected chi connectivity index (χ1v) is 13.1. The van der Waals surface area contributed by atoms with Crippen LogP contribution in [-0.2, 0) is 21.4 Å². The van der Waals surface area contributed by atoms with Crippen LogP contribution < -0.4 is 10.0 Å². The van der Waals surface area contributed by atoms with Crippen LogP contribution in [0.25, 0.3) is 0 Å². The van der Waals surface area contributed by atoms with Gasteiger partial charge in [0.1, 0.15) is 0 Å². The number of thiophene rings is 1. The molecule has 1 aliphatic rings. The molecule has 3 aromatic rings. The molecular weight excluding hydrogens is 458 g/mol. The Kier molecular flexibility index (Phi) is 7.22. The number of sulfonamides is 1. The van der Waals surface area contributed by atoms with Gasteiger partial charge in [0.2, 0.25) is 15.9 Å². The number of hydrogen-bond donors (Lipinski definition) is 2. The maximum absolute atomic E-state index is 12.9. The van der Waals surface area contributed by atoms with Gasteiger partial charge in [-0.05, 0) is 60.7 Å². The van der Waals surface area contributed by atoms with E-state index in [-0.39, 0.29) is 29.2 Å². The molecule has 0 saturated carbocycles. The number of hydrogen-bond acceptors (Lipinski definition) is 5. The van der Waals surface area contributed by atoms with Crippen molar-refractivity contribution in [3.05, 3.63) is 82.6 Å². The van der Waals surface area contributed by atoms with Gasteiger partial charge in [-0.1, -0.05) is 24.3 Å². The van der Waals surface area contributed by atoms with Gasteiger partial charge in [0, 0.05) is 41.7 Å². The van der Waals surface area contributed by atoms with Crippen LogP contribution in [0, 0.1) is 5.92 Å². The van der Waals surface area contributed by atoms with Crippen molar-refractivity contribution in [2.24, 2.45) is 5.92 Å². The Hall–Kier alpha value is -3.01. The van der Waals surface area contributed by atoms with Crippen molar-refractivity contribution in [1.29, 1.82) is 0 Å². The molecule has 2 amide bonds. The van der Waals surface area contributed by atoms with Crippen LogP contribution in [-0.4, -0.2) is 38.2 Å². The average molecular weight is 484 g/mol. The van der Waals surface area contributed by atoms with Crippen LogP contribution in [0.2, 0.25) is 0 Å². The standard InChI is InChI=1S/C24H25N3O4S2/c28-23(26-20-5-2-1-3-6-20)18-12-14-27(15-13-18)24(29)19-8-10-22(11-9-19)33(30,31)25-17-21-7-4-16-32-21/h1-11,16,18,25H,12-15,17H2,(H,26,28). The van der Waals surface area contributed by atoms with E-state index in [1.165, 1.54) is 35.6 Å². The summed E-state index contributed by atoms with van der Waals surface area (Å²) in [5.74, 6) is -0.332. The Morgan fingerprint density at radius 2 is 1.64 bits per heavy atom. The molecule has 7 nitrogen and oxygen atoms in total. The smallest absolute Gasteiger partial charge is 0.253 e. The SMILES string of the molecule is O=C(Nc1ccccc1)C1CCN(C(=O)c2ccc(S(=O)(=O)NCc3cccs3)cc2)CC1. The first-order chi connectivity index (χ1) is 15.9. The van der Waals surface area contributed by atoms with E-state index < -0.39 is 10.0 Å². The van der Waals surface area contributed by atoms with E-state index in [0.717, 1.165) is 10.6 Å². The molecule has 2 N–H and O–H groups in total. The van der Waals surface area contributed by atoms with Gasteiger partial charge in [0.25, 0.3) is 5.91 Å². The summed E-state index contributed by atoms with van der Waals surface area (Å²) in [6.07, 6.45) is 1.17. The van der Waals surface area contributed by atoms with Crippen molar-refractivity contribution in [2.75, 3.05) is 18.4 Å². The number of carbonyl (C=O) groups excluding carboxylic acids is 2. The zero-order valence-electron chi connectivity index (χ0n) is 17.9. The lowest BCUT2D eigenvalue weighted by molar-refractivity contribution is -0.121. The summed E-state index contributed by atoms with van der Waals surface area (Å²) in [6.45, 7) is 1.19. The molecule has 2 heterocycles. The lowest BCUT2D eigenvalue weighted by atomic mass is 9.95. The van der Waals surface area contributed by atoms with Gasteiger partial charge in [-0.2, -0.15) is 0 Å².